The average molecular weight is 360 g/mol. The second-order valence-electron chi connectivity index (χ2n) is 6.04. The first kappa shape index (κ1) is 18.1. The van der Waals surface area contributed by atoms with Gasteiger partial charge in [-0.3, -0.25) is 14.6 Å². The smallest absolute Gasteiger partial charge is 0.257 e. The summed E-state index contributed by atoms with van der Waals surface area (Å²) in [4.78, 5) is 29.9. The van der Waals surface area contributed by atoms with Crippen molar-refractivity contribution in [2.45, 2.75) is 6.92 Å². The van der Waals surface area contributed by atoms with Crippen molar-refractivity contribution in [3.63, 3.8) is 0 Å². The summed E-state index contributed by atoms with van der Waals surface area (Å²) in [5.41, 5.74) is 3.46. The molecule has 0 spiro atoms. The lowest BCUT2D eigenvalue weighted by molar-refractivity contribution is -0.114. The van der Waals surface area contributed by atoms with Crippen molar-refractivity contribution in [2.75, 3.05) is 22.6 Å². The number of amides is 2. The Balaban J connectivity index is 1.77. The van der Waals surface area contributed by atoms with Crippen molar-refractivity contribution in [3.05, 3.63) is 78.6 Å². The number of carbonyl (C=O) groups excluding carboxylic acids is 2. The number of rotatable bonds is 5. The van der Waals surface area contributed by atoms with Crippen molar-refractivity contribution >= 4 is 34.6 Å². The standard InChI is InChI=1S/C21H20N4O2/c1-15(26)23-17-7-6-8-18(12-17)24-21(27)16-11-20(14-22-13-16)25(2)19-9-4-3-5-10-19/h3-14H,1-2H3,(H,23,26)(H,24,27). The highest BCUT2D eigenvalue weighted by Crippen LogP contribution is 2.23. The van der Waals surface area contributed by atoms with Gasteiger partial charge in [-0.25, -0.2) is 0 Å². The van der Waals surface area contributed by atoms with Gasteiger partial charge in [0, 0.05) is 37.2 Å². The van der Waals surface area contributed by atoms with E-state index in [1.807, 2.05) is 42.3 Å². The molecule has 136 valence electrons. The maximum absolute atomic E-state index is 12.6. The number of para-hydroxylation sites is 1. The molecule has 0 bridgehead atoms. The van der Waals surface area contributed by atoms with Crippen LogP contribution in [0.1, 0.15) is 17.3 Å². The number of nitrogens with one attached hydrogen (secondary N) is 2. The number of hydrogen-bond acceptors (Lipinski definition) is 4. The van der Waals surface area contributed by atoms with Crippen LogP contribution >= 0.6 is 0 Å². The fraction of sp³-hybridized carbons (Fsp3) is 0.0952. The zero-order valence-electron chi connectivity index (χ0n) is 15.1. The maximum Gasteiger partial charge on any atom is 0.257 e. The zero-order chi connectivity index (χ0) is 19.2. The average Bonchev–Trinajstić information content (AvgIpc) is 2.68. The van der Waals surface area contributed by atoms with Crippen LogP contribution in [0.2, 0.25) is 0 Å². The van der Waals surface area contributed by atoms with Gasteiger partial charge in [-0.1, -0.05) is 24.3 Å². The minimum absolute atomic E-state index is 0.167. The molecule has 6 heteroatoms. The van der Waals surface area contributed by atoms with Gasteiger partial charge in [0.25, 0.3) is 5.91 Å². The second kappa shape index (κ2) is 8.14. The van der Waals surface area contributed by atoms with Gasteiger partial charge >= 0.3 is 0 Å². The molecule has 0 unspecified atom stereocenters. The van der Waals surface area contributed by atoms with Gasteiger partial charge in [-0.05, 0) is 36.4 Å². The molecular weight excluding hydrogens is 340 g/mol. The Labute approximate surface area is 157 Å². The normalized spacial score (nSPS) is 10.1. The Bertz CT molecular complexity index is 957. The van der Waals surface area contributed by atoms with Gasteiger partial charge < -0.3 is 15.5 Å². The molecule has 27 heavy (non-hydrogen) atoms. The van der Waals surface area contributed by atoms with Crippen LogP contribution in [0.5, 0.6) is 0 Å². The molecule has 0 aliphatic carbocycles. The van der Waals surface area contributed by atoms with Gasteiger partial charge in [-0.2, -0.15) is 0 Å². The number of nitrogens with zero attached hydrogens (tertiary/aromatic N) is 2. The number of anilines is 4. The van der Waals surface area contributed by atoms with Gasteiger partial charge in [0.1, 0.15) is 0 Å². The van der Waals surface area contributed by atoms with E-state index in [1.165, 1.54) is 13.1 Å². The lowest BCUT2D eigenvalue weighted by Crippen LogP contribution is -2.15. The van der Waals surface area contributed by atoms with Gasteiger partial charge in [0.15, 0.2) is 0 Å². The van der Waals surface area contributed by atoms with Crippen LogP contribution in [-0.4, -0.2) is 23.8 Å². The lowest BCUT2D eigenvalue weighted by atomic mass is 10.2. The zero-order valence-corrected chi connectivity index (χ0v) is 15.1. The highest BCUT2D eigenvalue weighted by atomic mass is 16.2. The fourth-order valence-electron chi connectivity index (χ4n) is 2.62. The Kier molecular flexibility index (Phi) is 5.47. The number of pyridine rings is 1. The molecule has 0 saturated carbocycles. The third kappa shape index (κ3) is 4.70. The molecule has 2 N–H and O–H groups in total. The first-order valence-electron chi connectivity index (χ1n) is 8.46. The molecule has 2 aromatic carbocycles. The second-order valence-corrected chi connectivity index (χ2v) is 6.04. The molecule has 6 nitrogen and oxygen atoms in total. The monoisotopic (exact) mass is 360 g/mol. The third-order valence-electron chi connectivity index (χ3n) is 3.96. The van der Waals surface area contributed by atoms with E-state index < -0.39 is 0 Å². The Morgan fingerprint density at radius 3 is 2.26 bits per heavy atom. The van der Waals surface area contributed by atoms with Crippen molar-refractivity contribution in [1.29, 1.82) is 0 Å². The van der Waals surface area contributed by atoms with Crippen molar-refractivity contribution < 1.29 is 9.59 Å². The van der Waals surface area contributed by atoms with Crippen molar-refractivity contribution in [2.24, 2.45) is 0 Å². The molecule has 0 saturated heterocycles. The van der Waals surface area contributed by atoms with Crippen molar-refractivity contribution in [3.8, 4) is 0 Å². The van der Waals surface area contributed by atoms with E-state index >= 15 is 0 Å². The van der Waals surface area contributed by atoms with E-state index in [1.54, 1.807) is 36.5 Å². The minimum Gasteiger partial charge on any atom is -0.343 e. The summed E-state index contributed by atoms with van der Waals surface area (Å²) in [6.07, 6.45) is 3.23. The summed E-state index contributed by atoms with van der Waals surface area (Å²) < 4.78 is 0. The van der Waals surface area contributed by atoms with Crippen LogP contribution in [0.3, 0.4) is 0 Å². The summed E-state index contributed by atoms with van der Waals surface area (Å²) in [6, 6.07) is 18.6. The molecule has 0 atom stereocenters. The number of aromatic nitrogens is 1. The summed E-state index contributed by atoms with van der Waals surface area (Å²) >= 11 is 0. The van der Waals surface area contributed by atoms with Crippen LogP contribution in [0, 0.1) is 0 Å². The molecular formula is C21H20N4O2. The van der Waals surface area contributed by atoms with Gasteiger partial charge in [-0.15, -0.1) is 0 Å². The van der Waals surface area contributed by atoms with E-state index in [2.05, 4.69) is 15.6 Å². The number of carbonyl (C=O) groups is 2. The topological polar surface area (TPSA) is 74.3 Å². The summed E-state index contributed by atoms with van der Waals surface area (Å²) in [7, 11) is 1.92. The molecule has 3 rings (SSSR count). The first-order chi connectivity index (χ1) is 13.0. The van der Waals surface area contributed by atoms with Crippen molar-refractivity contribution in [1.82, 2.24) is 4.98 Å². The Morgan fingerprint density at radius 2 is 1.56 bits per heavy atom. The Morgan fingerprint density at radius 1 is 0.852 bits per heavy atom. The molecule has 1 heterocycles. The molecule has 3 aromatic rings. The SMILES string of the molecule is CC(=O)Nc1cccc(NC(=O)c2cncc(N(C)c3ccccc3)c2)c1. The highest BCUT2D eigenvalue weighted by molar-refractivity contribution is 6.05. The molecule has 0 aliphatic rings. The summed E-state index contributed by atoms with van der Waals surface area (Å²) in [5, 5.41) is 5.52. The van der Waals surface area contributed by atoms with Crippen LogP contribution < -0.4 is 15.5 Å². The molecule has 0 aliphatic heterocycles. The third-order valence-corrected chi connectivity index (χ3v) is 3.96. The quantitative estimate of drug-likeness (QED) is 0.719. The fourth-order valence-corrected chi connectivity index (χ4v) is 2.62. The van der Waals surface area contributed by atoms with E-state index in [0.717, 1.165) is 11.4 Å². The predicted molar refractivity (Wildman–Crippen MR) is 107 cm³/mol. The van der Waals surface area contributed by atoms with E-state index in [9.17, 15) is 9.59 Å². The predicted octanol–water partition coefficient (Wildman–Crippen LogP) is 4.06. The highest BCUT2D eigenvalue weighted by Gasteiger charge is 2.11. The molecule has 0 fully saturated rings. The minimum atomic E-state index is -0.272. The lowest BCUT2D eigenvalue weighted by Gasteiger charge is -2.19. The maximum atomic E-state index is 12.6. The molecule has 1 aromatic heterocycles. The van der Waals surface area contributed by atoms with Crippen LogP contribution in [0.4, 0.5) is 22.7 Å². The number of hydrogen-bond donors (Lipinski definition) is 2. The van der Waals surface area contributed by atoms with Crippen LogP contribution in [0.25, 0.3) is 0 Å². The van der Waals surface area contributed by atoms with E-state index in [4.69, 9.17) is 0 Å². The largest absolute Gasteiger partial charge is 0.343 e. The van der Waals surface area contributed by atoms with Crippen LogP contribution in [0.15, 0.2) is 73.1 Å². The van der Waals surface area contributed by atoms with Gasteiger partial charge in [0.05, 0.1) is 17.4 Å². The molecule has 2 amide bonds. The summed E-state index contributed by atoms with van der Waals surface area (Å²) in [5.74, 6) is -0.440. The van der Waals surface area contributed by atoms with Gasteiger partial charge in [0.2, 0.25) is 5.91 Å². The Hall–Kier alpha value is -3.67. The number of benzene rings is 2. The first-order valence-corrected chi connectivity index (χ1v) is 8.46. The van der Waals surface area contributed by atoms with E-state index in [0.29, 0.717) is 16.9 Å². The van der Waals surface area contributed by atoms with Crippen LogP contribution in [-0.2, 0) is 4.79 Å². The summed E-state index contributed by atoms with van der Waals surface area (Å²) in [6.45, 7) is 1.44. The molecule has 0 radical (unpaired) electrons. The van der Waals surface area contributed by atoms with E-state index in [-0.39, 0.29) is 11.8 Å².